The van der Waals surface area contributed by atoms with Crippen molar-refractivity contribution in [1.29, 1.82) is 0 Å². The molecule has 7 heteroatoms. The van der Waals surface area contributed by atoms with Crippen LogP contribution in [-0.2, 0) is 0 Å². The number of nitro groups is 1. The molecule has 1 atom stereocenters. The third kappa shape index (κ3) is 3.05. The molecule has 2 rings (SSSR count). The van der Waals surface area contributed by atoms with Crippen LogP contribution >= 0.6 is 0 Å². The summed E-state index contributed by atoms with van der Waals surface area (Å²) in [6, 6.07) is 4.63. The van der Waals surface area contributed by atoms with Crippen molar-refractivity contribution in [3.63, 3.8) is 0 Å². The third-order valence-electron chi connectivity index (χ3n) is 3.31. The van der Waals surface area contributed by atoms with Crippen LogP contribution in [0.4, 0.5) is 11.4 Å². The predicted octanol–water partition coefficient (Wildman–Crippen LogP) is 0.753. The molecule has 7 nitrogen and oxygen atoms in total. The van der Waals surface area contributed by atoms with Gasteiger partial charge in [0.2, 0.25) is 0 Å². The van der Waals surface area contributed by atoms with E-state index in [4.69, 9.17) is 0 Å². The van der Waals surface area contributed by atoms with E-state index in [1.807, 2.05) is 0 Å². The second-order valence-electron chi connectivity index (χ2n) is 5.02. The maximum atomic E-state index is 12.1. The summed E-state index contributed by atoms with van der Waals surface area (Å²) in [4.78, 5) is 24.3. The molecule has 1 aliphatic heterocycles. The van der Waals surface area contributed by atoms with E-state index in [-0.39, 0.29) is 17.6 Å². The number of anilines is 1. The summed E-state index contributed by atoms with van der Waals surface area (Å²) < 4.78 is 0. The highest BCUT2D eigenvalue weighted by molar-refractivity contribution is 5.96. The largest absolute Gasteiger partial charge is 0.372 e. The average molecular weight is 278 g/mol. The van der Waals surface area contributed by atoms with Gasteiger partial charge in [0.25, 0.3) is 11.6 Å². The van der Waals surface area contributed by atoms with E-state index in [2.05, 4.69) is 10.6 Å². The average Bonchev–Trinajstić information content (AvgIpc) is 2.90. The number of nitrogens with zero attached hydrogens (tertiary/aromatic N) is 2. The van der Waals surface area contributed by atoms with Crippen LogP contribution in [0.2, 0.25) is 0 Å². The first kappa shape index (κ1) is 14.3. The van der Waals surface area contributed by atoms with Gasteiger partial charge in [0, 0.05) is 38.3 Å². The molecule has 0 aromatic heterocycles. The van der Waals surface area contributed by atoms with E-state index >= 15 is 0 Å². The first-order chi connectivity index (χ1) is 9.49. The molecule has 1 unspecified atom stereocenters. The Morgan fingerprint density at radius 2 is 2.25 bits per heavy atom. The lowest BCUT2D eigenvalue weighted by molar-refractivity contribution is -0.384. The lowest BCUT2D eigenvalue weighted by Gasteiger charge is -2.14. The van der Waals surface area contributed by atoms with Gasteiger partial charge in [-0.05, 0) is 25.1 Å². The fourth-order valence-electron chi connectivity index (χ4n) is 2.24. The van der Waals surface area contributed by atoms with Crippen LogP contribution < -0.4 is 15.5 Å². The number of amides is 1. The van der Waals surface area contributed by atoms with Crippen LogP contribution in [0.3, 0.4) is 0 Å². The lowest BCUT2D eigenvalue weighted by atomic mass is 10.1. The molecule has 20 heavy (non-hydrogen) atoms. The maximum absolute atomic E-state index is 12.1. The summed E-state index contributed by atoms with van der Waals surface area (Å²) in [6.45, 7) is 1.62. The maximum Gasteiger partial charge on any atom is 0.293 e. The van der Waals surface area contributed by atoms with Crippen LogP contribution in [0.15, 0.2) is 18.2 Å². The standard InChI is InChI=1S/C13H18N4O3/c1-16(2)11-4-3-9(7-12(11)17(19)20)13(18)15-10-5-6-14-8-10/h3-4,7,10,14H,5-6,8H2,1-2H3,(H,15,18). The summed E-state index contributed by atoms with van der Waals surface area (Å²) in [7, 11) is 3.46. The fourth-order valence-corrected chi connectivity index (χ4v) is 2.24. The van der Waals surface area contributed by atoms with Gasteiger partial charge in [-0.3, -0.25) is 14.9 Å². The Labute approximate surface area is 117 Å². The zero-order chi connectivity index (χ0) is 14.7. The molecule has 1 amide bonds. The van der Waals surface area contributed by atoms with E-state index in [0.29, 0.717) is 11.3 Å². The molecule has 1 aliphatic rings. The number of rotatable bonds is 4. The van der Waals surface area contributed by atoms with Gasteiger partial charge in [0.1, 0.15) is 5.69 Å². The zero-order valence-electron chi connectivity index (χ0n) is 11.5. The highest BCUT2D eigenvalue weighted by Crippen LogP contribution is 2.27. The zero-order valence-corrected chi connectivity index (χ0v) is 11.5. The minimum absolute atomic E-state index is 0.0628. The van der Waals surface area contributed by atoms with E-state index in [0.717, 1.165) is 19.5 Å². The van der Waals surface area contributed by atoms with Gasteiger partial charge in [-0.2, -0.15) is 0 Å². The Balaban J connectivity index is 2.21. The summed E-state index contributed by atoms with van der Waals surface area (Å²) in [5, 5.41) is 17.1. The molecule has 2 N–H and O–H groups in total. The first-order valence-electron chi connectivity index (χ1n) is 6.46. The van der Waals surface area contributed by atoms with Gasteiger partial charge in [0.05, 0.1) is 4.92 Å². The van der Waals surface area contributed by atoms with Crippen molar-refractivity contribution in [2.75, 3.05) is 32.1 Å². The van der Waals surface area contributed by atoms with Gasteiger partial charge < -0.3 is 15.5 Å². The van der Waals surface area contributed by atoms with Crippen LogP contribution in [0.5, 0.6) is 0 Å². The summed E-state index contributed by atoms with van der Waals surface area (Å²) in [5.41, 5.74) is 0.732. The minimum Gasteiger partial charge on any atom is -0.372 e. The van der Waals surface area contributed by atoms with Crippen molar-refractivity contribution in [2.45, 2.75) is 12.5 Å². The molecular weight excluding hydrogens is 260 g/mol. The number of carbonyl (C=O) groups excluding carboxylic acids is 1. The Morgan fingerprint density at radius 3 is 2.80 bits per heavy atom. The lowest BCUT2D eigenvalue weighted by Crippen LogP contribution is -2.36. The molecule has 1 heterocycles. The molecule has 108 valence electrons. The number of hydrogen-bond donors (Lipinski definition) is 2. The van der Waals surface area contributed by atoms with Crippen LogP contribution in [0.25, 0.3) is 0 Å². The molecular formula is C13H18N4O3. The van der Waals surface area contributed by atoms with Crippen molar-refractivity contribution >= 4 is 17.3 Å². The number of benzene rings is 1. The van der Waals surface area contributed by atoms with E-state index < -0.39 is 4.92 Å². The highest BCUT2D eigenvalue weighted by Gasteiger charge is 2.21. The SMILES string of the molecule is CN(C)c1ccc(C(=O)NC2CCNC2)cc1[N+](=O)[O-]. The summed E-state index contributed by atoms with van der Waals surface area (Å²) >= 11 is 0. The van der Waals surface area contributed by atoms with Gasteiger partial charge in [0.15, 0.2) is 0 Å². The van der Waals surface area contributed by atoms with Crippen LogP contribution in [0.1, 0.15) is 16.8 Å². The predicted molar refractivity (Wildman–Crippen MR) is 76.2 cm³/mol. The Kier molecular flexibility index (Phi) is 4.19. The van der Waals surface area contributed by atoms with Crippen molar-refractivity contribution < 1.29 is 9.72 Å². The second-order valence-corrected chi connectivity index (χ2v) is 5.02. The topological polar surface area (TPSA) is 87.5 Å². The minimum atomic E-state index is -0.469. The van der Waals surface area contributed by atoms with E-state index in [1.165, 1.54) is 6.07 Å². The Hall–Kier alpha value is -2.15. The molecule has 0 bridgehead atoms. The first-order valence-corrected chi connectivity index (χ1v) is 6.46. The van der Waals surface area contributed by atoms with Gasteiger partial charge >= 0.3 is 0 Å². The van der Waals surface area contributed by atoms with Crippen molar-refractivity contribution in [1.82, 2.24) is 10.6 Å². The van der Waals surface area contributed by atoms with E-state index in [1.54, 1.807) is 31.1 Å². The molecule has 0 spiro atoms. The van der Waals surface area contributed by atoms with E-state index in [9.17, 15) is 14.9 Å². The third-order valence-corrected chi connectivity index (χ3v) is 3.31. The summed E-state index contributed by atoms with van der Waals surface area (Å²) in [5.74, 6) is -0.271. The van der Waals surface area contributed by atoms with Crippen LogP contribution in [-0.4, -0.2) is 44.1 Å². The fraction of sp³-hybridized carbons (Fsp3) is 0.462. The number of hydrogen-bond acceptors (Lipinski definition) is 5. The quantitative estimate of drug-likeness (QED) is 0.627. The summed E-state index contributed by atoms with van der Waals surface area (Å²) in [6.07, 6.45) is 0.879. The van der Waals surface area contributed by atoms with Crippen molar-refractivity contribution in [3.8, 4) is 0 Å². The molecule has 1 fully saturated rings. The number of nitro benzene ring substituents is 1. The molecule has 0 radical (unpaired) electrons. The molecule has 1 saturated heterocycles. The Morgan fingerprint density at radius 1 is 1.50 bits per heavy atom. The monoisotopic (exact) mass is 278 g/mol. The van der Waals surface area contributed by atoms with Gasteiger partial charge in [-0.25, -0.2) is 0 Å². The van der Waals surface area contributed by atoms with Gasteiger partial charge in [-0.1, -0.05) is 0 Å². The molecule has 1 aromatic carbocycles. The molecule has 1 aromatic rings. The highest BCUT2D eigenvalue weighted by atomic mass is 16.6. The smallest absolute Gasteiger partial charge is 0.293 e. The van der Waals surface area contributed by atoms with Crippen molar-refractivity contribution in [3.05, 3.63) is 33.9 Å². The normalized spacial score (nSPS) is 17.8. The number of carbonyl (C=O) groups is 1. The van der Waals surface area contributed by atoms with Crippen molar-refractivity contribution in [2.24, 2.45) is 0 Å². The number of nitrogens with one attached hydrogen (secondary N) is 2. The molecule has 0 saturated carbocycles. The van der Waals surface area contributed by atoms with Gasteiger partial charge in [-0.15, -0.1) is 0 Å². The second kappa shape index (κ2) is 5.87. The molecule has 0 aliphatic carbocycles. The van der Waals surface area contributed by atoms with Crippen LogP contribution in [0, 0.1) is 10.1 Å². The Bertz CT molecular complexity index is 524.